The molecule has 0 saturated carbocycles. The molecule has 3 rings (SSSR count). The number of methoxy groups -OCH3 is 1. The Balaban J connectivity index is 1.76. The van der Waals surface area contributed by atoms with Crippen LogP contribution in [0.3, 0.4) is 0 Å². The zero-order valence-electron chi connectivity index (χ0n) is 15.9. The molecule has 28 heavy (non-hydrogen) atoms. The Kier molecular flexibility index (Phi) is 6.38. The Morgan fingerprint density at radius 2 is 1.93 bits per heavy atom. The van der Waals surface area contributed by atoms with Crippen molar-refractivity contribution in [2.24, 2.45) is 0 Å². The van der Waals surface area contributed by atoms with Crippen LogP contribution in [-0.4, -0.2) is 52.0 Å². The number of carbonyl (C=O) groups is 1. The van der Waals surface area contributed by atoms with Crippen LogP contribution in [0.2, 0.25) is 0 Å². The van der Waals surface area contributed by atoms with Crippen molar-refractivity contribution in [1.29, 1.82) is 0 Å². The predicted octanol–water partition coefficient (Wildman–Crippen LogP) is 2.19. The first kappa shape index (κ1) is 20.4. The van der Waals surface area contributed by atoms with Crippen LogP contribution < -0.4 is 10.1 Å². The average Bonchev–Trinajstić information content (AvgIpc) is 3.24. The molecule has 1 N–H and O–H groups in total. The van der Waals surface area contributed by atoms with E-state index in [1.165, 1.54) is 16.4 Å². The molecular weight excluding hydrogens is 384 g/mol. The molecule has 1 atom stereocenters. The molecule has 1 unspecified atom stereocenters. The minimum atomic E-state index is -3.78. The van der Waals surface area contributed by atoms with Gasteiger partial charge < -0.3 is 19.2 Å². The van der Waals surface area contributed by atoms with E-state index in [1.54, 1.807) is 7.11 Å². The smallest absolute Gasteiger partial charge is 0.287 e. The maximum atomic E-state index is 12.6. The summed E-state index contributed by atoms with van der Waals surface area (Å²) >= 11 is 0. The van der Waals surface area contributed by atoms with Crippen molar-refractivity contribution >= 4 is 15.9 Å². The number of rotatable bonds is 7. The van der Waals surface area contributed by atoms with Crippen molar-refractivity contribution in [3.05, 3.63) is 47.7 Å². The fourth-order valence-electron chi connectivity index (χ4n) is 3.08. The van der Waals surface area contributed by atoms with Crippen molar-refractivity contribution in [1.82, 2.24) is 9.62 Å². The number of amides is 1. The minimum Gasteiger partial charge on any atom is -0.496 e. The first-order valence-electron chi connectivity index (χ1n) is 9.09. The van der Waals surface area contributed by atoms with Crippen LogP contribution in [-0.2, 0) is 14.8 Å². The number of morpholine rings is 1. The third-order valence-corrected chi connectivity index (χ3v) is 6.37. The zero-order chi connectivity index (χ0) is 20.1. The second-order valence-electron chi connectivity index (χ2n) is 6.31. The summed E-state index contributed by atoms with van der Waals surface area (Å²) in [7, 11) is -2.21. The third kappa shape index (κ3) is 4.21. The van der Waals surface area contributed by atoms with Crippen LogP contribution in [0.5, 0.6) is 5.75 Å². The standard InChI is InChI=1S/C19H24N2O6S/c1-3-15(14-6-4-5-7-16(14)25-2)20-19(22)17-8-9-18(27-17)28(23,24)21-10-12-26-13-11-21/h4-9,15H,3,10-13H2,1-2H3,(H,20,22). The molecule has 0 aliphatic carbocycles. The van der Waals surface area contributed by atoms with E-state index >= 15 is 0 Å². The maximum Gasteiger partial charge on any atom is 0.287 e. The summed E-state index contributed by atoms with van der Waals surface area (Å²) in [4.78, 5) is 12.6. The summed E-state index contributed by atoms with van der Waals surface area (Å²) < 4.78 is 42.5. The molecule has 1 aliphatic rings. The van der Waals surface area contributed by atoms with Gasteiger partial charge in [-0.25, -0.2) is 8.42 Å². The van der Waals surface area contributed by atoms with E-state index in [4.69, 9.17) is 13.9 Å². The second kappa shape index (κ2) is 8.76. The average molecular weight is 408 g/mol. The maximum absolute atomic E-state index is 12.6. The Hall–Kier alpha value is -2.36. The molecule has 9 heteroatoms. The SMILES string of the molecule is CCC(NC(=O)c1ccc(S(=O)(=O)N2CCOCC2)o1)c1ccccc1OC. The molecule has 1 aromatic carbocycles. The normalized spacial score (nSPS) is 16.5. The summed E-state index contributed by atoms with van der Waals surface area (Å²) in [6, 6.07) is 9.81. The molecule has 0 bridgehead atoms. The van der Waals surface area contributed by atoms with Crippen molar-refractivity contribution in [3.63, 3.8) is 0 Å². The van der Waals surface area contributed by atoms with Crippen LogP contribution in [0.15, 0.2) is 45.9 Å². The molecule has 1 fully saturated rings. The lowest BCUT2D eigenvalue weighted by molar-refractivity contribution is 0.0722. The van der Waals surface area contributed by atoms with Gasteiger partial charge in [0.25, 0.3) is 15.9 Å². The summed E-state index contributed by atoms with van der Waals surface area (Å²) in [5, 5.41) is 2.63. The number of sulfonamides is 1. The van der Waals surface area contributed by atoms with Crippen molar-refractivity contribution in [3.8, 4) is 5.75 Å². The van der Waals surface area contributed by atoms with E-state index in [-0.39, 0.29) is 30.0 Å². The second-order valence-corrected chi connectivity index (χ2v) is 8.18. The highest BCUT2D eigenvalue weighted by Crippen LogP contribution is 2.27. The summed E-state index contributed by atoms with van der Waals surface area (Å²) in [5.74, 6) is 0.131. The van der Waals surface area contributed by atoms with Gasteiger partial charge in [0.1, 0.15) is 5.75 Å². The lowest BCUT2D eigenvalue weighted by Gasteiger charge is -2.24. The number of ether oxygens (including phenoxy) is 2. The van der Waals surface area contributed by atoms with Crippen LogP contribution in [0.1, 0.15) is 35.5 Å². The highest BCUT2D eigenvalue weighted by Gasteiger charge is 2.30. The van der Waals surface area contributed by atoms with Gasteiger partial charge in [-0.2, -0.15) is 4.31 Å². The van der Waals surface area contributed by atoms with E-state index in [1.807, 2.05) is 31.2 Å². The monoisotopic (exact) mass is 408 g/mol. The molecule has 1 aromatic heterocycles. The van der Waals surface area contributed by atoms with Crippen LogP contribution >= 0.6 is 0 Å². The molecular formula is C19H24N2O6S. The molecule has 1 amide bonds. The lowest BCUT2D eigenvalue weighted by Crippen LogP contribution is -2.40. The zero-order valence-corrected chi connectivity index (χ0v) is 16.7. The molecule has 0 radical (unpaired) electrons. The Morgan fingerprint density at radius 1 is 1.21 bits per heavy atom. The molecule has 1 saturated heterocycles. The van der Waals surface area contributed by atoms with E-state index < -0.39 is 15.9 Å². The third-order valence-electron chi connectivity index (χ3n) is 4.60. The largest absolute Gasteiger partial charge is 0.496 e. The summed E-state index contributed by atoms with van der Waals surface area (Å²) in [5.41, 5.74) is 0.841. The fourth-order valence-corrected chi connectivity index (χ4v) is 4.40. The van der Waals surface area contributed by atoms with Gasteiger partial charge in [-0.3, -0.25) is 4.79 Å². The van der Waals surface area contributed by atoms with E-state index in [0.29, 0.717) is 25.4 Å². The van der Waals surface area contributed by atoms with Crippen LogP contribution in [0.25, 0.3) is 0 Å². The van der Waals surface area contributed by atoms with Crippen molar-refractivity contribution in [2.75, 3.05) is 33.4 Å². The topological polar surface area (TPSA) is 98.1 Å². The lowest BCUT2D eigenvalue weighted by atomic mass is 10.0. The molecule has 8 nitrogen and oxygen atoms in total. The molecule has 1 aliphatic heterocycles. The van der Waals surface area contributed by atoms with Gasteiger partial charge in [0.2, 0.25) is 5.09 Å². The first-order chi connectivity index (χ1) is 13.5. The number of hydrogen-bond acceptors (Lipinski definition) is 6. The fraction of sp³-hybridized carbons (Fsp3) is 0.421. The predicted molar refractivity (Wildman–Crippen MR) is 102 cm³/mol. The number of nitrogens with zero attached hydrogens (tertiary/aromatic N) is 1. The summed E-state index contributed by atoms with van der Waals surface area (Å²) in [6.45, 7) is 3.13. The van der Waals surface area contributed by atoms with E-state index in [0.717, 1.165) is 5.56 Å². The van der Waals surface area contributed by atoms with Gasteiger partial charge in [0.15, 0.2) is 5.76 Å². The molecule has 0 spiro atoms. The van der Waals surface area contributed by atoms with Gasteiger partial charge in [-0.05, 0) is 24.6 Å². The van der Waals surface area contributed by atoms with E-state index in [9.17, 15) is 13.2 Å². The minimum absolute atomic E-state index is 0.0554. The van der Waals surface area contributed by atoms with Gasteiger partial charge in [-0.15, -0.1) is 0 Å². The Labute approximate surface area is 164 Å². The number of carbonyl (C=O) groups excluding carboxylic acids is 1. The van der Waals surface area contributed by atoms with Gasteiger partial charge in [0.05, 0.1) is 26.4 Å². The van der Waals surface area contributed by atoms with Crippen molar-refractivity contribution < 1.29 is 27.1 Å². The molecule has 2 heterocycles. The molecule has 152 valence electrons. The summed E-state index contributed by atoms with van der Waals surface area (Å²) in [6.07, 6.45) is 0.631. The van der Waals surface area contributed by atoms with Crippen LogP contribution in [0.4, 0.5) is 0 Å². The number of benzene rings is 1. The first-order valence-corrected chi connectivity index (χ1v) is 10.5. The van der Waals surface area contributed by atoms with Gasteiger partial charge in [0, 0.05) is 18.7 Å². The van der Waals surface area contributed by atoms with E-state index in [2.05, 4.69) is 5.32 Å². The number of furan rings is 1. The number of hydrogen-bond donors (Lipinski definition) is 1. The number of para-hydroxylation sites is 1. The molecule has 2 aromatic rings. The quantitative estimate of drug-likeness (QED) is 0.754. The highest BCUT2D eigenvalue weighted by molar-refractivity contribution is 7.89. The van der Waals surface area contributed by atoms with Gasteiger partial charge >= 0.3 is 0 Å². The van der Waals surface area contributed by atoms with Gasteiger partial charge in [-0.1, -0.05) is 25.1 Å². The van der Waals surface area contributed by atoms with Crippen molar-refractivity contribution in [2.45, 2.75) is 24.5 Å². The highest BCUT2D eigenvalue weighted by atomic mass is 32.2. The Morgan fingerprint density at radius 3 is 2.61 bits per heavy atom. The number of nitrogens with one attached hydrogen (secondary N) is 1. The Bertz CT molecular complexity index is 918. The van der Waals surface area contributed by atoms with Crippen LogP contribution in [0, 0.1) is 0 Å².